The van der Waals surface area contributed by atoms with Crippen LogP contribution in [0.4, 0.5) is 0 Å². The molecule has 0 saturated heterocycles. The Morgan fingerprint density at radius 1 is 1.17 bits per heavy atom. The van der Waals surface area contributed by atoms with Gasteiger partial charge in [0.2, 0.25) is 0 Å². The van der Waals surface area contributed by atoms with Crippen LogP contribution in [-0.4, -0.2) is 35.7 Å². The molecule has 0 spiro atoms. The topological polar surface area (TPSA) is 23.5 Å². The quantitative estimate of drug-likeness (QED) is 0.594. The Balaban J connectivity index is 3.17. The van der Waals surface area contributed by atoms with Crippen molar-refractivity contribution in [3.8, 4) is 0 Å². The summed E-state index contributed by atoms with van der Waals surface area (Å²) >= 11 is 0. The lowest BCUT2D eigenvalue weighted by Gasteiger charge is -2.17. The van der Waals surface area contributed by atoms with E-state index in [-0.39, 0.29) is 6.10 Å². The van der Waals surface area contributed by atoms with Crippen molar-refractivity contribution in [2.45, 2.75) is 46.1 Å². The molecule has 1 unspecified atom stereocenters. The van der Waals surface area contributed by atoms with E-state index in [0.29, 0.717) is 0 Å². The Labute approximate surface area is 76.6 Å². The second kappa shape index (κ2) is 7.56. The zero-order valence-corrected chi connectivity index (χ0v) is 8.71. The number of aliphatic hydroxyl groups is 1. The molecule has 0 aliphatic carbocycles. The van der Waals surface area contributed by atoms with Crippen LogP contribution in [0.15, 0.2) is 0 Å². The number of hydrogen-bond donors (Lipinski definition) is 1. The highest BCUT2D eigenvalue weighted by atomic mass is 16.3. The lowest BCUT2D eigenvalue weighted by molar-refractivity contribution is 0.177. The Bertz CT molecular complexity index is 89.8. The Hall–Kier alpha value is -0.0800. The molecule has 74 valence electrons. The van der Waals surface area contributed by atoms with Gasteiger partial charge in [0.05, 0.1) is 6.10 Å². The van der Waals surface area contributed by atoms with Crippen molar-refractivity contribution in [3.05, 3.63) is 0 Å². The summed E-state index contributed by atoms with van der Waals surface area (Å²) in [5.74, 6) is 0. The average molecular weight is 173 g/mol. The van der Waals surface area contributed by atoms with E-state index in [9.17, 15) is 0 Å². The summed E-state index contributed by atoms with van der Waals surface area (Å²) in [6.07, 6.45) is 3.18. The monoisotopic (exact) mass is 173 g/mol. The van der Waals surface area contributed by atoms with E-state index in [1.54, 1.807) is 0 Å². The molecule has 0 aromatic carbocycles. The highest BCUT2D eigenvalue weighted by Gasteiger charge is 1.99. The lowest BCUT2D eigenvalue weighted by Crippen LogP contribution is -2.24. The van der Waals surface area contributed by atoms with Crippen molar-refractivity contribution in [1.82, 2.24) is 4.90 Å². The van der Waals surface area contributed by atoms with Gasteiger partial charge in [-0.3, -0.25) is 0 Å². The van der Waals surface area contributed by atoms with Gasteiger partial charge in [0.15, 0.2) is 0 Å². The summed E-state index contributed by atoms with van der Waals surface area (Å²) < 4.78 is 0. The molecule has 0 heterocycles. The van der Waals surface area contributed by atoms with E-state index in [2.05, 4.69) is 18.7 Å². The lowest BCUT2D eigenvalue weighted by atomic mass is 10.1. The SMILES string of the molecule is CCN(CC)CCCCC(C)O. The number of unbranched alkanes of at least 4 members (excludes halogenated alkanes) is 1. The molecular formula is C10H23NO. The maximum absolute atomic E-state index is 9.02. The van der Waals surface area contributed by atoms with Gasteiger partial charge in [-0.1, -0.05) is 13.8 Å². The van der Waals surface area contributed by atoms with Crippen LogP contribution < -0.4 is 0 Å². The largest absolute Gasteiger partial charge is 0.393 e. The Kier molecular flexibility index (Phi) is 7.51. The van der Waals surface area contributed by atoms with Gasteiger partial charge in [-0.05, 0) is 45.8 Å². The smallest absolute Gasteiger partial charge is 0.0512 e. The van der Waals surface area contributed by atoms with Crippen LogP contribution in [0.25, 0.3) is 0 Å². The van der Waals surface area contributed by atoms with Gasteiger partial charge in [-0.15, -0.1) is 0 Å². The van der Waals surface area contributed by atoms with Gasteiger partial charge in [0, 0.05) is 0 Å². The van der Waals surface area contributed by atoms with Gasteiger partial charge in [-0.2, -0.15) is 0 Å². The van der Waals surface area contributed by atoms with Crippen LogP contribution in [-0.2, 0) is 0 Å². The molecule has 0 aromatic rings. The minimum Gasteiger partial charge on any atom is -0.393 e. The first-order valence-electron chi connectivity index (χ1n) is 5.11. The Morgan fingerprint density at radius 2 is 1.75 bits per heavy atom. The second-order valence-electron chi connectivity index (χ2n) is 3.37. The molecule has 0 aliphatic heterocycles. The maximum atomic E-state index is 9.02. The van der Waals surface area contributed by atoms with Crippen LogP contribution in [0, 0.1) is 0 Å². The van der Waals surface area contributed by atoms with E-state index in [4.69, 9.17) is 5.11 Å². The molecule has 2 heteroatoms. The number of hydrogen-bond acceptors (Lipinski definition) is 2. The van der Waals surface area contributed by atoms with Gasteiger partial charge >= 0.3 is 0 Å². The third-order valence-corrected chi connectivity index (χ3v) is 2.24. The Morgan fingerprint density at radius 3 is 2.17 bits per heavy atom. The molecule has 2 nitrogen and oxygen atoms in total. The van der Waals surface area contributed by atoms with E-state index in [0.717, 1.165) is 25.9 Å². The average Bonchev–Trinajstić information content (AvgIpc) is 2.04. The molecule has 0 aromatic heterocycles. The fourth-order valence-electron chi connectivity index (χ4n) is 1.31. The minimum atomic E-state index is -0.123. The first kappa shape index (κ1) is 11.9. The van der Waals surface area contributed by atoms with Crippen LogP contribution in [0.5, 0.6) is 0 Å². The summed E-state index contributed by atoms with van der Waals surface area (Å²) in [6.45, 7) is 9.71. The van der Waals surface area contributed by atoms with Crippen LogP contribution >= 0.6 is 0 Å². The van der Waals surface area contributed by atoms with Gasteiger partial charge in [0.1, 0.15) is 0 Å². The van der Waals surface area contributed by atoms with Crippen molar-refractivity contribution in [2.24, 2.45) is 0 Å². The maximum Gasteiger partial charge on any atom is 0.0512 e. The molecule has 0 radical (unpaired) electrons. The number of nitrogens with zero attached hydrogens (tertiary/aromatic N) is 1. The van der Waals surface area contributed by atoms with E-state index >= 15 is 0 Å². The molecular weight excluding hydrogens is 150 g/mol. The van der Waals surface area contributed by atoms with Crippen molar-refractivity contribution in [1.29, 1.82) is 0 Å². The fraction of sp³-hybridized carbons (Fsp3) is 1.00. The van der Waals surface area contributed by atoms with Gasteiger partial charge in [0.25, 0.3) is 0 Å². The van der Waals surface area contributed by atoms with E-state index in [1.165, 1.54) is 13.0 Å². The summed E-state index contributed by atoms with van der Waals surface area (Å²) in [7, 11) is 0. The highest BCUT2D eigenvalue weighted by Crippen LogP contribution is 2.01. The van der Waals surface area contributed by atoms with E-state index in [1.807, 2.05) is 6.92 Å². The zero-order valence-electron chi connectivity index (χ0n) is 8.71. The number of aliphatic hydroxyl groups excluding tert-OH is 1. The molecule has 1 atom stereocenters. The van der Waals surface area contributed by atoms with Crippen LogP contribution in [0.2, 0.25) is 0 Å². The van der Waals surface area contributed by atoms with Gasteiger partial charge < -0.3 is 10.0 Å². The molecule has 0 saturated carbocycles. The number of rotatable bonds is 7. The van der Waals surface area contributed by atoms with Crippen molar-refractivity contribution in [2.75, 3.05) is 19.6 Å². The molecule has 1 N–H and O–H groups in total. The molecule has 0 amide bonds. The minimum absolute atomic E-state index is 0.123. The van der Waals surface area contributed by atoms with Crippen molar-refractivity contribution < 1.29 is 5.11 Å². The normalized spacial score (nSPS) is 13.8. The third kappa shape index (κ3) is 6.62. The summed E-state index contributed by atoms with van der Waals surface area (Å²) in [5, 5.41) is 9.02. The highest BCUT2D eigenvalue weighted by molar-refractivity contribution is 4.54. The molecule has 0 aliphatic rings. The van der Waals surface area contributed by atoms with Crippen molar-refractivity contribution in [3.63, 3.8) is 0 Å². The van der Waals surface area contributed by atoms with Gasteiger partial charge in [-0.25, -0.2) is 0 Å². The molecule has 0 bridgehead atoms. The third-order valence-electron chi connectivity index (χ3n) is 2.24. The van der Waals surface area contributed by atoms with Crippen LogP contribution in [0.3, 0.4) is 0 Å². The molecule has 0 rings (SSSR count). The predicted octanol–water partition coefficient (Wildman–Crippen LogP) is 1.88. The summed E-state index contributed by atoms with van der Waals surface area (Å²) in [4.78, 5) is 2.42. The van der Waals surface area contributed by atoms with Crippen molar-refractivity contribution >= 4 is 0 Å². The zero-order chi connectivity index (χ0) is 9.40. The fourth-order valence-corrected chi connectivity index (χ4v) is 1.31. The standard InChI is InChI=1S/C10H23NO/c1-4-11(5-2)9-7-6-8-10(3)12/h10,12H,4-9H2,1-3H3. The second-order valence-corrected chi connectivity index (χ2v) is 3.37. The first-order chi connectivity index (χ1) is 5.70. The predicted molar refractivity (Wildman–Crippen MR) is 53.3 cm³/mol. The molecule has 12 heavy (non-hydrogen) atoms. The van der Waals surface area contributed by atoms with Crippen LogP contribution in [0.1, 0.15) is 40.0 Å². The summed E-state index contributed by atoms with van der Waals surface area (Å²) in [5.41, 5.74) is 0. The summed E-state index contributed by atoms with van der Waals surface area (Å²) in [6, 6.07) is 0. The molecule has 0 fully saturated rings. The van der Waals surface area contributed by atoms with E-state index < -0.39 is 0 Å². The first-order valence-corrected chi connectivity index (χ1v) is 5.11.